The lowest BCUT2D eigenvalue weighted by Gasteiger charge is -2.29. The Hall–Kier alpha value is -4.29. The quantitative estimate of drug-likeness (QED) is 0.251. The van der Waals surface area contributed by atoms with Crippen LogP contribution in [0.2, 0.25) is 0 Å². The highest BCUT2D eigenvalue weighted by molar-refractivity contribution is 5.81. The van der Waals surface area contributed by atoms with Gasteiger partial charge in [0.05, 0.1) is 38.1 Å². The van der Waals surface area contributed by atoms with Crippen molar-refractivity contribution in [2.45, 2.75) is 91.8 Å². The molecule has 0 bridgehead atoms. The number of rotatable bonds is 12. The highest BCUT2D eigenvalue weighted by Crippen LogP contribution is 2.16. The van der Waals surface area contributed by atoms with E-state index in [1.165, 1.54) is 18.2 Å². The average molecular weight is 661 g/mol. The summed E-state index contributed by atoms with van der Waals surface area (Å²) in [7, 11) is 1.31. The smallest absolute Gasteiger partial charge is 0.292 e. The zero-order valence-electron chi connectivity index (χ0n) is 29.2. The fraction of sp³-hybridized carbons (Fsp3) is 0.514. The van der Waals surface area contributed by atoms with E-state index in [0.29, 0.717) is 25.9 Å². The Morgan fingerprint density at radius 1 is 1.00 bits per heavy atom. The van der Waals surface area contributed by atoms with Crippen molar-refractivity contribution in [3.05, 3.63) is 71.8 Å². The number of benzene rings is 2. The van der Waals surface area contributed by atoms with E-state index < -0.39 is 0 Å². The van der Waals surface area contributed by atoms with Crippen LogP contribution in [0.1, 0.15) is 65.5 Å². The Labute approximate surface area is 280 Å². The minimum absolute atomic E-state index is 0.00525. The lowest BCUT2D eigenvalue weighted by molar-refractivity contribution is -0.126. The monoisotopic (exact) mass is 660 g/mol. The molecule has 4 unspecified atom stereocenters. The van der Waals surface area contributed by atoms with Crippen LogP contribution < -0.4 is 21.7 Å². The molecule has 2 aromatic rings. The standard InChI is InChI=1S/C15H24O2.C10H17N3O3.C7H8.C2H4O2.CH3NO/c1-12(13(2)17-15(3,4)5)16-11-14-9-7-6-8-10-14;1-7(13-9(15)5-11-6-14)4-8-2-3-12-10(8)16;1-7-5-3-2-4-6-7;1-4-2-3;2-1-3/h6-10,12-13H,11H2,1-5H3;6-8H,2-5H2,1H3,(H,11,14)(H,12,16)(H,13,15);2-6H,1H3;2H,1H3;1H,(H2,2,3). The first-order valence-corrected chi connectivity index (χ1v) is 15.4. The van der Waals surface area contributed by atoms with Crippen molar-refractivity contribution in [1.82, 2.24) is 16.0 Å². The number of amides is 4. The Morgan fingerprint density at radius 3 is 1.94 bits per heavy atom. The first kappa shape index (κ1) is 44.8. The molecule has 0 saturated carbocycles. The first-order chi connectivity index (χ1) is 22.2. The zero-order valence-corrected chi connectivity index (χ0v) is 29.2. The second-order valence-electron chi connectivity index (χ2n) is 11.5. The summed E-state index contributed by atoms with van der Waals surface area (Å²) in [6.07, 6.45) is 2.38. The molecule has 0 radical (unpaired) electrons. The average Bonchev–Trinajstić information content (AvgIpc) is 3.43. The van der Waals surface area contributed by atoms with E-state index in [9.17, 15) is 14.4 Å². The highest BCUT2D eigenvalue weighted by Gasteiger charge is 2.26. The van der Waals surface area contributed by atoms with Gasteiger partial charge in [-0.25, -0.2) is 0 Å². The van der Waals surface area contributed by atoms with Crippen LogP contribution in [0.5, 0.6) is 0 Å². The van der Waals surface area contributed by atoms with E-state index in [1.54, 1.807) is 0 Å². The third kappa shape index (κ3) is 27.7. The molecule has 3 rings (SSSR count). The van der Waals surface area contributed by atoms with Crippen LogP contribution in [0.25, 0.3) is 0 Å². The molecule has 2 aromatic carbocycles. The SMILES string of the molecule is CC(CC1CCNC1=O)NC(=O)CNC=O.CC(OCc1ccccc1)C(C)OC(C)(C)C.COC=O.Cc1ccccc1.NC=O. The second-order valence-corrected chi connectivity index (χ2v) is 11.5. The number of carbonyl (C=O) groups is 5. The van der Waals surface area contributed by atoms with Gasteiger partial charge in [0, 0.05) is 18.5 Å². The molecule has 1 saturated heterocycles. The van der Waals surface area contributed by atoms with Crippen molar-refractivity contribution in [3.8, 4) is 0 Å². The van der Waals surface area contributed by atoms with Crippen LogP contribution in [0.4, 0.5) is 0 Å². The number of methoxy groups -OCH3 is 1. The number of ether oxygens (including phenoxy) is 3. The largest absolute Gasteiger partial charge is 0.471 e. The maximum Gasteiger partial charge on any atom is 0.292 e. The number of aryl methyl sites for hydroxylation is 1. The van der Waals surface area contributed by atoms with Gasteiger partial charge in [-0.2, -0.15) is 0 Å². The van der Waals surface area contributed by atoms with E-state index >= 15 is 0 Å². The molecule has 1 fully saturated rings. The fourth-order valence-electron chi connectivity index (χ4n) is 3.94. The summed E-state index contributed by atoms with van der Waals surface area (Å²) in [6.45, 7) is 15.9. The summed E-state index contributed by atoms with van der Waals surface area (Å²) >= 11 is 0. The summed E-state index contributed by atoms with van der Waals surface area (Å²) in [4.78, 5) is 50.0. The molecular weight excluding hydrogens is 604 g/mol. The minimum Gasteiger partial charge on any atom is -0.471 e. The van der Waals surface area contributed by atoms with E-state index in [0.717, 1.165) is 13.0 Å². The van der Waals surface area contributed by atoms with Crippen molar-refractivity contribution in [2.75, 3.05) is 20.2 Å². The lowest BCUT2D eigenvalue weighted by Crippen LogP contribution is -2.40. The second kappa shape index (κ2) is 28.0. The van der Waals surface area contributed by atoms with Crippen molar-refractivity contribution in [1.29, 1.82) is 0 Å². The van der Waals surface area contributed by atoms with Gasteiger partial charge in [-0.15, -0.1) is 0 Å². The first-order valence-electron chi connectivity index (χ1n) is 15.4. The van der Waals surface area contributed by atoms with Gasteiger partial charge in [0.2, 0.25) is 24.6 Å². The van der Waals surface area contributed by atoms with Crippen molar-refractivity contribution < 1.29 is 38.2 Å². The van der Waals surface area contributed by atoms with Crippen LogP contribution in [0.15, 0.2) is 60.7 Å². The molecule has 0 aromatic heterocycles. The molecule has 264 valence electrons. The fourth-order valence-corrected chi connectivity index (χ4v) is 3.94. The number of hydrogen-bond donors (Lipinski definition) is 4. The Bertz CT molecular complexity index is 1100. The predicted octanol–water partition coefficient (Wildman–Crippen LogP) is 3.44. The molecular formula is C35H56N4O8. The number of nitrogens with one attached hydrogen (secondary N) is 3. The molecule has 0 spiro atoms. The van der Waals surface area contributed by atoms with Crippen molar-refractivity contribution in [2.24, 2.45) is 11.7 Å². The van der Waals surface area contributed by atoms with Crippen LogP contribution >= 0.6 is 0 Å². The normalized spacial score (nSPS) is 14.8. The molecule has 0 aliphatic carbocycles. The van der Waals surface area contributed by atoms with Crippen LogP contribution in [-0.4, -0.2) is 75.2 Å². The molecule has 12 heteroatoms. The van der Waals surface area contributed by atoms with E-state index in [4.69, 9.17) is 19.1 Å². The summed E-state index contributed by atoms with van der Waals surface area (Å²) in [6, 6.07) is 20.4. The van der Waals surface area contributed by atoms with Crippen molar-refractivity contribution in [3.63, 3.8) is 0 Å². The van der Waals surface area contributed by atoms with Gasteiger partial charge >= 0.3 is 0 Å². The molecule has 12 nitrogen and oxygen atoms in total. The van der Waals surface area contributed by atoms with Gasteiger partial charge in [-0.1, -0.05) is 66.2 Å². The summed E-state index contributed by atoms with van der Waals surface area (Å²) in [5.74, 6) is -0.181. The molecule has 1 heterocycles. The minimum atomic E-state index is -0.238. The van der Waals surface area contributed by atoms with E-state index in [2.05, 4.69) is 92.2 Å². The Kier molecular flexibility index (Phi) is 26.7. The van der Waals surface area contributed by atoms with E-state index in [-0.39, 0.29) is 54.5 Å². The van der Waals surface area contributed by atoms with Gasteiger partial charge < -0.3 is 35.9 Å². The number of hydrogen-bond acceptors (Lipinski definition) is 8. The maximum absolute atomic E-state index is 11.3. The molecule has 1 aliphatic rings. The van der Waals surface area contributed by atoms with Gasteiger partial charge in [0.15, 0.2) is 0 Å². The Morgan fingerprint density at radius 2 is 1.53 bits per heavy atom. The molecule has 1 aliphatic heterocycles. The van der Waals surface area contributed by atoms with Crippen molar-refractivity contribution >= 4 is 31.1 Å². The summed E-state index contributed by atoms with van der Waals surface area (Å²) < 4.78 is 15.5. The topological polar surface area (TPSA) is 175 Å². The predicted molar refractivity (Wildman–Crippen MR) is 183 cm³/mol. The van der Waals surface area contributed by atoms with Gasteiger partial charge in [-0.3, -0.25) is 24.0 Å². The van der Waals surface area contributed by atoms with Gasteiger partial charge in [0.1, 0.15) is 0 Å². The maximum atomic E-state index is 11.3. The molecule has 4 atom stereocenters. The molecule has 4 amide bonds. The number of nitrogens with two attached hydrogens (primary N) is 1. The lowest BCUT2D eigenvalue weighted by atomic mass is 9.99. The van der Waals surface area contributed by atoms with Gasteiger partial charge in [-0.05, 0) is 66.9 Å². The van der Waals surface area contributed by atoms with Crippen LogP contribution in [-0.2, 0) is 44.8 Å². The third-order valence-corrected chi connectivity index (χ3v) is 6.15. The Balaban J connectivity index is 0. The number of carbonyl (C=O) groups excluding carboxylic acids is 5. The van der Waals surface area contributed by atoms with Crippen LogP contribution in [0, 0.1) is 12.8 Å². The number of primary amides is 1. The summed E-state index contributed by atoms with van der Waals surface area (Å²) in [5.41, 5.74) is 6.56. The zero-order chi connectivity index (χ0) is 36.1. The van der Waals surface area contributed by atoms with Gasteiger partial charge in [0.25, 0.3) is 6.47 Å². The molecule has 5 N–H and O–H groups in total. The molecule has 47 heavy (non-hydrogen) atoms. The summed E-state index contributed by atoms with van der Waals surface area (Å²) in [5, 5.41) is 7.76. The third-order valence-electron chi connectivity index (χ3n) is 6.15. The highest BCUT2D eigenvalue weighted by atomic mass is 16.6. The van der Waals surface area contributed by atoms with Crippen LogP contribution in [0.3, 0.4) is 0 Å². The van der Waals surface area contributed by atoms with E-state index in [1.807, 2.05) is 43.3 Å².